The number of esters is 1. The fourth-order valence-corrected chi connectivity index (χ4v) is 1.34. The summed E-state index contributed by atoms with van der Waals surface area (Å²) in [5, 5.41) is -0.614. The maximum absolute atomic E-state index is 11.1. The molecule has 1 aliphatic carbocycles. The second-order valence-corrected chi connectivity index (χ2v) is 2.92. The quantitative estimate of drug-likeness (QED) is 0.502. The van der Waals surface area contributed by atoms with Gasteiger partial charge in [-0.2, -0.15) is 0 Å². The maximum Gasteiger partial charge on any atom is 0.338 e. The fourth-order valence-electron chi connectivity index (χ4n) is 1.16. The van der Waals surface area contributed by atoms with Crippen molar-refractivity contribution in [3.05, 3.63) is 23.3 Å². The molecule has 0 aliphatic heterocycles. The van der Waals surface area contributed by atoms with E-state index < -0.39 is 11.2 Å². The molecule has 3 nitrogen and oxygen atoms in total. The van der Waals surface area contributed by atoms with E-state index in [9.17, 15) is 9.59 Å². The van der Waals surface area contributed by atoms with Gasteiger partial charge in [-0.25, -0.2) is 4.79 Å². The van der Waals surface area contributed by atoms with Crippen molar-refractivity contribution in [2.24, 2.45) is 0 Å². The van der Waals surface area contributed by atoms with E-state index in [0.29, 0.717) is 0 Å². The van der Waals surface area contributed by atoms with Gasteiger partial charge in [0.25, 0.3) is 5.24 Å². The monoisotopic (exact) mass is 200 g/mol. The van der Waals surface area contributed by atoms with Crippen LogP contribution in [0.25, 0.3) is 0 Å². The predicted octanol–water partition coefficient (Wildman–Crippen LogP) is 1.57. The molecular formula is C9H9ClO3. The molecule has 1 aliphatic rings. The highest BCUT2D eigenvalue weighted by Crippen LogP contribution is 2.21. The van der Waals surface area contributed by atoms with Crippen LogP contribution in [0.3, 0.4) is 0 Å². The van der Waals surface area contributed by atoms with Gasteiger partial charge >= 0.3 is 5.97 Å². The summed E-state index contributed by atoms with van der Waals surface area (Å²) in [7, 11) is 1.27. The molecule has 0 unspecified atom stereocenters. The van der Waals surface area contributed by atoms with Crippen LogP contribution < -0.4 is 0 Å². The second-order valence-electron chi connectivity index (χ2n) is 2.58. The average Bonchev–Trinajstić information content (AvgIpc) is 2.16. The van der Waals surface area contributed by atoms with E-state index >= 15 is 0 Å². The van der Waals surface area contributed by atoms with E-state index in [-0.39, 0.29) is 11.1 Å². The van der Waals surface area contributed by atoms with Gasteiger partial charge in [-0.15, -0.1) is 0 Å². The number of carbonyl (C=O) groups is 2. The van der Waals surface area contributed by atoms with Crippen LogP contribution in [-0.4, -0.2) is 18.3 Å². The summed E-state index contributed by atoms with van der Waals surface area (Å²) in [4.78, 5) is 22.0. The van der Waals surface area contributed by atoms with Gasteiger partial charge < -0.3 is 4.74 Å². The summed E-state index contributed by atoms with van der Waals surface area (Å²) in [6.07, 6.45) is 4.79. The molecule has 13 heavy (non-hydrogen) atoms. The SMILES string of the molecule is COC(=O)C1=CCCC=C1C(=O)Cl. The van der Waals surface area contributed by atoms with Crippen LogP contribution in [0.2, 0.25) is 0 Å². The Morgan fingerprint density at radius 1 is 1.31 bits per heavy atom. The number of hydrogen-bond acceptors (Lipinski definition) is 3. The standard InChI is InChI=1S/C9H9ClO3/c1-13-9(12)7-5-3-2-4-6(7)8(10)11/h4-5H,2-3H2,1H3. The Labute approximate surface area is 81.0 Å². The molecular weight excluding hydrogens is 192 g/mol. The number of rotatable bonds is 2. The van der Waals surface area contributed by atoms with Crippen molar-refractivity contribution in [3.8, 4) is 0 Å². The van der Waals surface area contributed by atoms with E-state index in [1.165, 1.54) is 7.11 Å². The van der Waals surface area contributed by atoms with E-state index in [1.54, 1.807) is 12.2 Å². The molecule has 0 aromatic rings. The Kier molecular flexibility index (Phi) is 3.25. The Balaban J connectivity index is 2.94. The lowest BCUT2D eigenvalue weighted by Crippen LogP contribution is -2.12. The molecule has 0 heterocycles. The van der Waals surface area contributed by atoms with Crippen molar-refractivity contribution < 1.29 is 14.3 Å². The Morgan fingerprint density at radius 2 is 1.85 bits per heavy atom. The van der Waals surface area contributed by atoms with Gasteiger partial charge in [0.05, 0.1) is 12.7 Å². The number of carbonyl (C=O) groups excluding carboxylic acids is 2. The number of hydrogen-bond donors (Lipinski definition) is 0. The van der Waals surface area contributed by atoms with Crippen LogP contribution >= 0.6 is 11.6 Å². The van der Waals surface area contributed by atoms with Crippen LogP contribution in [0.4, 0.5) is 0 Å². The lowest BCUT2D eigenvalue weighted by atomic mass is 9.99. The number of ether oxygens (including phenoxy) is 1. The third kappa shape index (κ3) is 2.18. The van der Waals surface area contributed by atoms with E-state index in [4.69, 9.17) is 11.6 Å². The highest BCUT2D eigenvalue weighted by atomic mass is 35.5. The first kappa shape index (κ1) is 9.99. The molecule has 0 aromatic carbocycles. The summed E-state index contributed by atoms with van der Waals surface area (Å²) in [6.45, 7) is 0. The predicted molar refractivity (Wildman–Crippen MR) is 48.3 cm³/mol. The Hall–Kier alpha value is -1.09. The first-order valence-corrected chi connectivity index (χ1v) is 4.23. The first-order valence-electron chi connectivity index (χ1n) is 3.85. The molecule has 0 aromatic heterocycles. The zero-order valence-corrected chi connectivity index (χ0v) is 7.93. The van der Waals surface area contributed by atoms with Crippen LogP contribution in [0.5, 0.6) is 0 Å². The Morgan fingerprint density at radius 3 is 2.31 bits per heavy atom. The normalized spacial score (nSPS) is 15.8. The highest BCUT2D eigenvalue weighted by molar-refractivity contribution is 6.68. The largest absolute Gasteiger partial charge is 0.465 e. The van der Waals surface area contributed by atoms with Gasteiger partial charge in [-0.3, -0.25) is 4.79 Å². The van der Waals surface area contributed by atoms with E-state index in [1.807, 2.05) is 0 Å². The number of methoxy groups -OCH3 is 1. The molecule has 0 fully saturated rings. The molecule has 0 saturated heterocycles. The first-order chi connectivity index (χ1) is 6.16. The second kappa shape index (κ2) is 4.23. The topological polar surface area (TPSA) is 43.4 Å². The van der Waals surface area contributed by atoms with Crippen molar-refractivity contribution in [2.75, 3.05) is 7.11 Å². The molecule has 0 atom stereocenters. The van der Waals surface area contributed by atoms with E-state index in [0.717, 1.165) is 12.8 Å². The lowest BCUT2D eigenvalue weighted by molar-refractivity contribution is -0.136. The van der Waals surface area contributed by atoms with Crippen molar-refractivity contribution in [1.29, 1.82) is 0 Å². The molecule has 70 valence electrons. The van der Waals surface area contributed by atoms with Crippen LogP contribution in [-0.2, 0) is 14.3 Å². The number of allylic oxidation sites excluding steroid dienone is 2. The fraction of sp³-hybridized carbons (Fsp3) is 0.333. The van der Waals surface area contributed by atoms with Crippen LogP contribution in [0, 0.1) is 0 Å². The molecule has 0 N–H and O–H groups in total. The molecule has 0 bridgehead atoms. The van der Waals surface area contributed by atoms with E-state index in [2.05, 4.69) is 4.74 Å². The van der Waals surface area contributed by atoms with Gasteiger partial charge in [0, 0.05) is 5.57 Å². The van der Waals surface area contributed by atoms with Crippen molar-refractivity contribution >= 4 is 22.8 Å². The third-order valence-corrected chi connectivity index (χ3v) is 1.97. The maximum atomic E-state index is 11.1. The van der Waals surface area contributed by atoms with Crippen molar-refractivity contribution in [2.45, 2.75) is 12.8 Å². The smallest absolute Gasteiger partial charge is 0.338 e. The zero-order valence-electron chi connectivity index (χ0n) is 7.17. The highest BCUT2D eigenvalue weighted by Gasteiger charge is 2.21. The van der Waals surface area contributed by atoms with Crippen LogP contribution in [0.1, 0.15) is 12.8 Å². The minimum absolute atomic E-state index is 0.250. The Bertz CT molecular complexity index is 302. The third-order valence-electron chi connectivity index (χ3n) is 1.77. The van der Waals surface area contributed by atoms with Gasteiger partial charge in [0.1, 0.15) is 0 Å². The zero-order chi connectivity index (χ0) is 9.84. The summed E-state index contributed by atoms with van der Waals surface area (Å²) in [5.74, 6) is -0.514. The summed E-state index contributed by atoms with van der Waals surface area (Å²) >= 11 is 5.30. The number of halogens is 1. The van der Waals surface area contributed by atoms with Gasteiger partial charge in [-0.05, 0) is 24.4 Å². The van der Waals surface area contributed by atoms with Gasteiger partial charge in [-0.1, -0.05) is 12.2 Å². The summed E-state index contributed by atoms with van der Waals surface area (Å²) in [6, 6.07) is 0. The van der Waals surface area contributed by atoms with Crippen molar-refractivity contribution in [3.63, 3.8) is 0 Å². The molecule has 0 radical (unpaired) electrons. The lowest BCUT2D eigenvalue weighted by Gasteiger charge is -2.10. The van der Waals surface area contributed by atoms with Gasteiger partial charge in [0.2, 0.25) is 0 Å². The minimum atomic E-state index is -0.614. The summed E-state index contributed by atoms with van der Waals surface area (Å²) < 4.78 is 4.51. The summed E-state index contributed by atoms with van der Waals surface area (Å²) in [5.41, 5.74) is 0.522. The molecule has 4 heteroatoms. The van der Waals surface area contributed by atoms with Gasteiger partial charge in [0.15, 0.2) is 0 Å². The average molecular weight is 201 g/mol. The minimum Gasteiger partial charge on any atom is -0.465 e. The molecule has 1 rings (SSSR count). The molecule has 0 spiro atoms. The van der Waals surface area contributed by atoms with Crippen molar-refractivity contribution in [1.82, 2.24) is 0 Å². The molecule has 0 saturated carbocycles. The van der Waals surface area contributed by atoms with Crippen LogP contribution in [0.15, 0.2) is 23.3 Å². The molecule has 0 amide bonds.